The summed E-state index contributed by atoms with van der Waals surface area (Å²) in [5.74, 6) is -1.82. The molecule has 2 atom stereocenters. The molecule has 2 aromatic rings. The number of fused-ring (bicyclic) bond motifs is 1. The molecule has 0 saturated carbocycles. The van der Waals surface area contributed by atoms with Crippen molar-refractivity contribution >= 4 is 11.9 Å². The van der Waals surface area contributed by atoms with Gasteiger partial charge in [0.05, 0.1) is 0 Å². The van der Waals surface area contributed by atoms with Gasteiger partial charge in [-0.1, -0.05) is 24.3 Å². The minimum atomic E-state index is -0.653. The number of ether oxygens (including phenoxy) is 1. The van der Waals surface area contributed by atoms with E-state index in [0.717, 1.165) is 11.1 Å². The Hall–Kier alpha value is -2.76. The Kier molecular flexibility index (Phi) is 3.35. The fourth-order valence-corrected chi connectivity index (χ4v) is 2.60. The van der Waals surface area contributed by atoms with Gasteiger partial charge in [0.2, 0.25) is 11.7 Å². The number of hydrogen-bond acceptors (Lipinski definition) is 5. The van der Waals surface area contributed by atoms with E-state index in [1.54, 1.807) is 6.07 Å². The molecule has 21 heavy (non-hydrogen) atoms. The minimum Gasteiger partial charge on any atom is -0.455 e. The first-order valence-corrected chi connectivity index (χ1v) is 6.52. The fraction of sp³-hybridized carbons (Fsp3) is 0.200. The van der Waals surface area contributed by atoms with E-state index in [0.29, 0.717) is 6.42 Å². The van der Waals surface area contributed by atoms with Crippen LogP contribution in [0.15, 0.2) is 42.7 Å². The molecule has 0 spiro atoms. The summed E-state index contributed by atoms with van der Waals surface area (Å²) in [6.45, 7) is 0. The van der Waals surface area contributed by atoms with Crippen LogP contribution in [0.3, 0.4) is 0 Å². The van der Waals surface area contributed by atoms with Crippen molar-refractivity contribution in [1.82, 2.24) is 9.97 Å². The van der Waals surface area contributed by atoms with Crippen molar-refractivity contribution in [3.63, 3.8) is 0 Å². The lowest BCUT2D eigenvalue weighted by molar-refractivity contribution is -0.121. The maximum absolute atomic E-state index is 12.0. The van der Waals surface area contributed by atoms with Crippen molar-refractivity contribution in [2.75, 3.05) is 0 Å². The molecular weight excluding hydrogens is 270 g/mol. The molecule has 1 aromatic heterocycles. The van der Waals surface area contributed by atoms with Crippen LogP contribution in [0.5, 0.6) is 0 Å². The smallest absolute Gasteiger partial charge is 0.376 e. The number of nitrogens with two attached hydrogens (primary N) is 1. The SMILES string of the molecule is NC(=O)C1c2ccccc2CC1OC(=O)c1ncccn1. The van der Waals surface area contributed by atoms with E-state index in [9.17, 15) is 9.59 Å². The molecule has 1 aliphatic carbocycles. The van der Waals surface area contributed by atoms with E-state index in [4.69, 9.17) is 10.5 Å². The number of esters is 1. The quantitative estimate of drug-likeness (QED) is 0.842. The molecule has 0 saturated heterocycles. The number of amides is 1. The highest BCUT2D eigenvalue weighted by molar-refractivity contribution is 5.87. The van der Waals surface area contributed by atoms with E-state index in [2.05, 4.69) is 9.97 Å². The number of benzene rings is 1. The summed E-state index contributed by atoms with van der Waals surface area (Å²) in [5.41, 5.74) is 7.24. The van der Waals surface area contributed by atoms with Crippen molar-refractivity contribution < 1.29 is 14.3 Å². The normalized spacial score (nSPS) is 19.8. The summed E-state index contributed by atoms with van der Waals surface area (Å²) in [6.07, 6.45) is 2.76. The predicted molar refractivity (Wildman–Crippen MR) is 73.3 cm³/mol. The van der Waals surface area contributed by atoms with E-state index in [1.807, 2.05) is 24.3 Å². The van der Waals surface area contributed by atoms with Gasteiger partial charge in [-0.05, 0) is 17.2 Å². The molecule has 6 nitrogen and oxygen atoms in total. The summed E-state index contributed by atoms with van der Waals surface area (Å²) in [7, 11) is 0. The van der Waals surface area contributed by atoms with E-state index in [-0.39, 0.29) is 5.82 Å². The average Bonchev–Trinajstić information content (AvgIpc) is 2.86. The molecular formula is C15H13N3O3. The van der Waals surface area contributed by atoms with E-state index in [1.165, 1.54) is 12.4 Å². The van der Waals surface area contributed by atoms with Crippen LogP contribution in [0.1, 0.15) is 27.7 Å². The summed E-state index contributed by atoms with van der Waals surface area (Å²) < 4.78 is 5.39. The van der Waals surface area contributed by atoms with E-state index < -0.39 is 23.9 Å². The van der Waals surface area contributed by atoms with Gasteiger partial charge in [-0.15, -0.1) is 0 Å². The molecule has 1 aliphatic rings. The van der Waals surface area contributed by atoms with Crippen molar-refractivity contribution in [3.8, 4) is 0 Å². The molecule has 0 fully saturated rings. The Bertz CT molecular complexity index is 688. The predicted octanol–water partition coefficient (Wildman–Crippen LogP) is 0.827. The molecule has 0 aliphatic heterocycles. The molecule has 1 aromatic carbocycles. The third-order valence-electron chi connectivity index (χ3n) is 3.50. The van der Waals surface area contributed by atoms with E-state index >= 15 is 0 Å². The molecule has 3 rings (SSSR count). The standard InChI is InChI=1S/C15H13N3O3/c16-13(19)12-10-5-2-1-4-9(10)8-11(12)21-15(20)14-17-6-3-7-18-14/h1-7,11-12H,8H2,(H2,16,19). The second-order valence-corrected chi connectivity index (χ2v) is 4.80. The van der Waals surface area contributed by atoms with Gasteiger partial charge in [-0.25, -0.2) is 14.8 Å². The van der Waals surface area contributed by atoms with Gasteiger partial charge in [-0.3, -0.25) is 4.79 Å². The highest BCUT2D eigenvalue weighted by Crippen LogP contribution is 2.35. The molecule has 1 amide bonds. The van der Waals surface area contributed by atoms with Crippen molar-refractivity contribution in [1.29, 1.82) is 0 Å². The van der Waals surface area contributed by atoms with Crippen LogP contribution in [0, 0.1) is 0 Å². The second kappa shape index (κ2) is 5.32. The Labute approximate surface area is 121 Å². The first-order chi connectivity index (χ1) is 10.2. The number of hydrogen-bond donors (Lipinski definition) is 1. The molecule has 2 unspecified atom stereocenters. The maximum Gasteiger partial charge on any atom is 0.376 e. The zero-order valence-electron chi connectivity index (χ0n) is 11.1. The Morgan fingerprint density at radius 1 is 1.14 bits per heavy atom. The van der Waals surface area contributed by atoms with Crippen molar-refractivity contribution in [2.24, 2.45) is 5.73 Å². The highest BCUT2D eigenvalue weighted by atomic mass is 16.5. The summed E-state index contributed by atoms with van der Waals surface area (Å²) >= 11 is 0. The number of carbonyl (C=O) groups excluding carboxylic acids is 2. The van der Waals surface area contributed by atoms with Gasteiger partial charge in [0.1, 0.15) is 12.0 Å². The monoisotopic (exact) mass is 283 g/mol. The third-order valence-corrected chi connectivity index (χ3v) is 3.50. The number of nitrogens with zero attached hydrogens (tertiary/aromatic N) is 2. The number of primary amides is 1. The van der Waals surface area contributed by atoms with Crippen LogP contribution in [0.25, 0.3) is 0 Å². The lowest BCUT2D eigenvalue weighted by atomic mass is 9.99. The minimum absolute atomic E-state index is 0.0309. The Morgan fingerprint density at radius 3 is 2.57 bits per heavy atom. The van der Waals surface area contributed by atoms with Crippen molar-refractivity contribution in [3.05, 3.63) is 59.7 Å². The zero-order chi connectivity index (χ0) is 14.8. The fourth-order valence-electron chi connectivity index (χ4n) is 2.60. The first-order valence-electron chi connectivity index (χ1n) is 6.52. The zero-order valence-corrected chi connectivity index (χ0v) is 11.1. The largest absolute Gasteiger partial charge is 0.455 e. The lowest BCUT2D eigenvalue weighted by Crippen LogP contribution is -2.32. The third kappa shape index (κ3) is 2.47. The number of carbonyl (C=O) groups is 2. The van der Waals surface area contributed by atoms with Crippen LogP contribution < -0.4 is 5.73 Å². The second-order valence-electron chi connectivity index (χ2n) is 4.80. The topological polar surface area (TPSA) is 95.2 Å². The highest BCUT2D eigenvalue weighted by Gasteiger charge is 2.39. The first kappa shape index (κ1) is 13.2. The van der Waals surface area contributed by atoms with Crippen LogP contribution in [-0.2, 0) is 16.0 Å². The maximum atomic E-state index is 12.0. The van der Waals surface area contributed by atoms with Gasteiger partial charge < -0.3 is 10.5 Å². The van der Waals surface area contributed by atoms with Crippen LogP contribution in [0.2, 0.25) is 0 Å². The van der Waals surface area contributed by atoms with Crippen molar-refractivity contribution in [2.45, 2.75) is 18.4 Å². The van der Waals surface area contributed by atoms with Crippen LogP contribution in [0.4, 0.5) is 0 Å². The summed E-state index contributed by atoms with van der Waals surface area (Å²) in [6, 6.07) is 9.05. The Morgan fingerprint density at radius 2 is 1.86 bits per heavy atom. The Balaban J connectivity index is 1.83. The van der Waals surface area contributed by atoms with Gasteiger partial charge >= 0.3 is 5.97 Å². The molecule has 0 radical (unpaired) electrons. The van der Waals surface area contributed by atoms with Crippen LogP contribution in [-0.4, -0.2) is 27.9 Å². The van der Waals surface area contributed by atoms with Gasteiger partial charge in [-0.2, -0.15) is 0 Å². The lowest BCUT2D eigenvalue weighted by Gasteiger charge is -2.17. The van der Waals surface area contributed by atoms with Gasteiger partial charge in [0.25, 0.3) is 0 Å². The molecule has 106 valence electrons. The summed E-state index contributed by atoms with van der Waals surface area (Å²) in [4.78, 5) is 31.4. The molecule has 1 heterocycles. The van der Waals surface area contributed by atoms with Gasteiger partial charge in [0.15, 0.2) is 0 Å². The summed E-state index contributed by atoms with van der Waals surface area (Å²) in [5, 5.41) is 0. The van der Waals surface area contributed by atoms with Crippen LogP contribution >= 0.6 is 0 Å². The molecule has 2 N–H and O–H groups in total. The number of aromatic nitrogens is 2. The average molecular weight is 283 g/mol. The molecule has 6 heteroatoms. The number of rotatable bonds is 3. The molecule has 0 bridgehead atoms. The van der Waals surface area contributed by atoms with Gasteiger partial charge in [0, 0.05) is 18.8 Å².